The summed E-state index contributed by atoms with van der Waals surface area (Å²) in [6.07, 6.45) is 0.773. The third-order valence-corrected chi connectivity index (χ3v) is 7.31. The van der Waals surface area contributed by atoms with Crippen molar-refractivity contribution in [3.63, 3.8) is 0 Å². The van der Waals surface area contributed by atoms with Crippen molar-refractivity contribution in [1.29, 1.82) is 0 Å². The molecule has 148 valence electrons. The van der Waals surface area contributed by atoms with E-state index in [0.29, 0.717) is 10.1 Å². The lowest BCUT2D eigenvalue weighted by atomic mass is 10.3. The molecule has 2 aromatic carbocycles. The van der Waals surface area contributed by atoms with Crippen molar-refractivity contribution in [1.82, 2.24) is 9.55 Å². The van der Waals surface area contributed by atoms with Gasteiger partial charge in [-0.2, -0.15) is 0 Å². The molecular formula is C20H15Br2N3O2S2. The summed E-state index contributed by atoms with van der Waals surface area (Å²) in [4.78, 5) is 30.9. The van der Waals surface area contributed by atoms with Crippen molar-refractivity contribution in [2.24, 2.45) is 0 Å². The summed E-state index contributed by atoms with van der Waals surface area (Å²) in [6.45, 7) is 0. The SMILES string of the molecule is O=C(CSc1nc2c(c(=O)n1-c1ccc(Br)cc1)SCC2)Nc1ccc(Br)cc1. The Kier molecular flexibility index (Phi) is 6.48. The number of aromatic nitrogens is 2. The van der Waals surface area contributed by atoms with E-state index in [-0.39, 0.29) is 17.2 Å². The summed E-state index contributed by atoms with van der Waals surface area (Å²) in [5.74, 6) is 0.866. The zero-order chi connectivity index (χ0) is 20.4. The number of nitrogens with one attached hydrogen (secondary N) is 1. The highest BCUT2D eigenvalue weighted by molar-refractivity contribution is 9.10. The normalized spacial score (nSPS) is 12.6. The molecule has 0 aliphatic carbocycles. The highest BCUT2D eigenvalue weighted by atomic mass is 79.9. The second-order valence-electron chi connectivity index (χ2n) is 6.23. The third-order valence-electron chi connectivity index (χ3n) is 4.21. The second-order valence-corrected chi connectivity index (χ2v) is 10.1. The van der Waals surface area contributed by atoms with Crippen LogP contribution < -0.4 is 10.9 Å². The highest BCUT2D eigenvalue weighted by Crippen LogP contribution is 2.30. The zero-order valence-electron chi connectivity index (χ0n) is 15.0. The number of carbonyl (C=O) groups is 1. The first-order valence-corrected chi connectivity index (χ1v) is 12.3. The molecule has 0 radical (unpaired) electrons. The van der Waals surface area contributed by atoms with Crippen LogP contribution in [0.4, 0.5) is 5.69 Å². The molecule has 1 amide bonds. The van der Waals surface area contributed by atoms with E-state index in [4.69, 9.17) is 4.98 Å². The van der Waals surface area contributed by atoms with Crippen molar-refractivity contribution in [2.45, 2.75) is 16.5 Å². The van der Waals surface area contributed by atoms with Crippen LogP contribution in [-0.2, 0) is 11.2 Å². The Morgan fingerprint density at radius 2 is 1.76 bits per heavy atom. The van der Waals surface area contributed by atoms with Gasteiger partial charge in [-0.15, -0.1) is 11.8 Å². The molecule has 1 N–H and O–H groups in total. The average Bonchev–Trinajstić information content (AvgIpc) is 3.18. The molecule has 0 bridgehead atoms. The predicted octanol–water partition coefficient (Wildman–Crippen LogP) is 5.14. The van der Waals surface area contributed by atoms with Gasteiger partial charge in [0.25, 0.3) is 5.56 Å². The third kappa shape index (κ3) is 4.79. The van der Waals surface area contributed by atoms with E-state index in [1.54, 1.807) is 16.3 Å². The van der Waals surface area contributed by atoms with E-state index < -0.39 is 0 Å². The van der Waals surface area contributed by atoms with Crippen molar-refractivity contribution < 1.29 is 4.79 Å². The molecule has 29 heavy (non-hydrogen) atoms. The summed E-state index contributed by atoms with van der Waals surface area (Å²) >= 11 is 9.61. The van der Waals surface area contributed by atoms with Crippen LogP contribution in [0.5, 0.6) is 0 Å². The van der Waals surface area contributed by atoms with Crippen LogP contribution >= 0.6 is 55.4 Å². The Labute approximate surface area is 193 Å². The smallest absolute Gasteiger partial charge is 0.272 e. The van der Waals surface area contributed by atoms with Crippen LogP contribution in [0.15, 0.2) is 72.3 Å². The Balaban J connectivity index is 1.60. The van der Waals surface area contributed by atoms with Gasteiger partial charge in [0.2, 0.25) is 5.91 Å². The van der Waals surface area contributed by atoms with Gasteiger partial charge in [-0.3, -0.25) is 14.2 Å². The number of anilines is 1. The first-order valence-electron chi connectivity index (χ1n) is 8.74. The van der Waals surface area contributed by atoms with E-state index >= 15 is 0 Å². The van der Waals surface area contributed by atoms with Crippen LogP contribution in [0.3, 0.4) is 0 Å². The van der Waals surface area contributed by atoms with Crippen molar-refractivity contribution in [2.75, 3.05) is 16.8 Å². The standard InChI is InChI=1S/C20H15Br2N3O2S2/c21-12-1-5-14(6-2-12)23-17(26)11-29-20-24-16-9-10-28-18(16)19(27)25(20)15-7-3-13(22)4-8-15/h1-8H,9-11H2,(H,23,26). The lowest BCUT2D eigenvalue weighted by Gasteiger charge is -2.14. The van der Waals surface area contributed by atoms with Gasteiger partial charge in [0.05, 0.1) is 22.0 Å². The fourth-order valence-electron chi connectivity index (χ4n) is 2.87. The first-order chi connectivity index (χ1) is 14.0. The van der Waals surface area contributed by atoms with Crippen LogP contribution in [0.1, 0.15) is 5.69 Å². The van der Waals surface area contributed by atoms with E-state index in [2.05, 4.69) is 37.2 Å². The Morgan fingerprint density at radius 1 is 1.10 bits per heavy atom. The zero-order valence-corrected chi connectivity index (χ0v) is 19.8. The quantitative estimate of drug-likeness (QED) is 0.351. The number of amides is 1. The topological polar surface area (TPSA) is 64.0 Å². The predicted molar refractivity (Wildman–Crippen MR) is 125 cm³/mol. The number of hydrogen-bond acceptors (Lipinski definition) is 5. The molecule has 5 nitrogen and oxygen atoms in total. The van der Waals surface area contributed by atoms with Gasteiger partial charge >= 0.3 is 0 Å². The first kappa shape index (κ1) is 20.7. The molecule has 1 aliphatic rings. The minimum atomic E-state index is -0.149. The van der Waals surface area contributed by atoms with Crippen molar-refractivity contribution in [3.05, 3.63) is 73.5 Å². The summed E-state index contributed by atoms with van der Waals surface area (Å²) in [5.41, 5.74) is 2.21. The molecule has 1 aromatic heterocycles. The molecule has 4 rings (SSSR count). The Hall–Kier alpha value is -1.55. The number of hydrogen-bond donors (Lipinski definition) is 1. The molecule has 0 unspecified atom stereocenters. The maximum atomic E-state index is 13.1. The number of benzene rings is 2. The molecule has 1 aliphatic heterocycles. The minimum Gasteiger partial charge on any atom is -0.325 e. The number of nitrogens with zero attached hydrogens (tertiary/aromatic N) is 2. The van der Waals surface area contributed by atoms with E-state index in [1.165, 1.54) is 11.8 Å². The lowest BCUT2D eigenvalue weighted by Crippen LogP contribution is -2.24. The van der Waals surface area contributed by atoms with Gasteiger partial charge in [-0.1, -0.05) is 43.6 Å². The Morgan fingerprint density at radius 3 is 2.45 bits per heavy atom. The number of halogens is 2. The van der Waals surface area contributed by atoms with Crippen molar-refractivity contribution in [3.8, 4) is 5.69 Å². The molecule has 0 fully saturated rings. The highest BCUT2D eigenvalue weighted by Gasteiger charge is 2.23. The number of rotatable bonds is 5. The molecular weight excluding hydrogens is 538 g/mol. The molecule has 3 aromatic rings. The lowest BCUT2D eigenvalue weighted by molar-refractivity contribution is -0.113. The van der Waals surface area contributed by atoms with Gasteiger partial charge < -0.3 is 5.32 Å². The summed E-state index contributed by atoms with van der Waals surface area (Å²) < 4.78 is 3.48. The number of thioether (sulfide) groups is 2. The van der Waals surface area contributed by atoms with Gasteiger partial charge in [0.15, 0.2) is 5.16 Å². The Bertz CT molecular complexity index is 1120. The molecule has 2 heterocycles. The maximum absolute atomic E-state index is 13.1. The summed E-state index contributed by atoms with van der Waals surface area (Å²) in [5, 5.41) is 3.40. The average molecular weight is 553 g/mol. The van der Waals surface area contributed by atoms with Gasteiger partial charge in [-0.05, 0) is 48.5 Å². The van der Waals surface area contributed by atoms with E-state index in [1.807, 2.05) is 48.5 Å². The maximum Gasteiger partial charge on any atom is 0.272 e. The number of fused-ring (bicyclic) bond motifs is 1. The summed E-state index contributed by atoms with van der Waals surface area (Å²) in [7, 11) is 0. The van der Waals surface area contributed by atoms with Crippen LogP contribution in [0.2, 0.25) is 0 Å². The van der Waals surface area contributed by atoms with Gasteiger partial charge in [0, 0.05) is 26.8 Å². The largest absolute Gasteiger partial charge is 0.325 e. The minimum absolute atomic E-state index is 0.0735. The van der Waals surface area contributed by atoms with Crippen LogP contribution in [-0.4, -0.2) is 27.0 Å². The fourth-order valence-corrected chi connectivity index (χ4v) is 5.25. The van der Waals surface area contributed by atoms with Crippen LogP contribution in [0, 0.1) is 0 Å². The van der Waals surface area contributed by atoms with Crippen molar-refractivity contribution >= 4 is 67.0 Å². The van der Waals surface area contributed by atoms with Gasteiger partial charge in [0.1, 0.15) is 0 Å². The van der Waals surface area contributed by atoms with Gasteiger partial charge in [-0.25, -0.2) is 4.98 Å². The monoisotopic (exact) mass is 551 g/mol. The number of carbonyl (C=O) groups excluding carboxylic acids is 1. The second kappa shape index (κ2) is 9.07. The molecule has 0 atom stereocenters. The molecule has 0 spiro atoms. The fraction of sp³-hybridized carbons (Fsp3) is 0.150. The van der Waals surface area contributed by atoms with E-state index in [9.17, 15) is 9.59 Å². The molecule has 0 saturated carbocycles. The number of aryl methyl sites for hydroxylation is 1. The van der Waals surface area contributed by atoms with Crippen LogP contribution in [0.25, 0.3) is 5.69 Å². The van der Waals surface area contributed by atoms with E-state index in [0.717, 1.165) is 38.2 Å². The molecule has 0 saturated heterocycles. The molecule has 9 heteroatoms. The summed E-state index contributed by atoms with van der Waals surface area (Å²) in [6, 6.07) is 14.9.